The average Bonchev–Trinajstić information content (AvgIpc) is 2.69. The Morgan fingerprint density at radius 3 is 2.62 bits per heavy atom. The number of hydrogen-bond acceptors (Lipinski definition) is 5. The summed E-state index contributed by atoms with van der Waals surface area (Å²) in [5, 5.41) is 3.85. The van der Waals surface area contributed by atoms with E-state index in [0.29, 0.717) is 29.8 Å². The van der Waals surface area contributed by atoms with Gasteiger partial charge in [0.1, 0.15) is 5.92 Å². The minimum atomic E-state index is -1.08. The minimum absolute atomic E-state index is 0.291. The van der Waals surface area contributed by atoms with E-state index in [1.807, 2.05) is 67.3 Å². The quantitative estimate of drug-likeness (QED) is 0.592. The molecule has 1 saturated heterocycles. The van der Waals surface area contributed by atoms with E-state index in [0.717, 1.165) is 11.3 Å². The molecule has 2 aliphatic heterocycles. The highest BCUT2D eigenvalue weighted by Gasteiger charge is 2.60. The highest BCUT2D eigenvalue weighted by molar-refractivity contribution is 7.80. The van der Waals surface area contributed by atoms with Crippen molar-refractivity contribution in [1.29, 1.82) is 0 Å². The van der Waals surface area contributed by atoms with Crippen LogP contribution in [0.5, 0.6) is 11.5 Å². The molecule has 2 bridgehead atoms. The Morgan fingerprint density at radius 2 is 1.93 bits per heavy atom. The molecule has 0 aliphatic carbocycles. The molecule has 3 atom stereocenters. The number of benzene rings is 2. The second-order valence-electron chi connectivity index (χ2n) is 7.09. The van der Waals surface area contributed by atoms with Crippen molar-refractivity contribution in [2.75, 3.05) is 18.1 Å². The smallest absolute Gasteiger partial charge is 0.317 e. The van der Waals surface area contributed by atoms with Gasteiger partial charge in [-0.05, 0) is 51.2 Å². The molecule has 2 aliphatic rings. The van der Waals surface area contributed by atoms with E-state index < -0.39 is 11.6 Å². The second-order valence-corrected chi connectivity index (χ2v) is 7.48. The van der Waals surface area contributed by atoms with E-state index in [9.17, 15) is 4.79 Å². The van der Waals surface area contributed by atoms with Crippen LogP contribution in [0.4, 0.5) is 5.69 Å². The predicted octanol–water partition coefficient (Wildman–Crippen LogP) is 3.81. The number of carbonyl (C=O) groups is 1. The lowest BCUT2D eigenvalue weighted by Crippen LogP contribution is -2.71. The van der Waals surface area contributed by atoms with Crippen LogP contribution < -0.4 is 19.7 Å². The predicted molar refractivity (Wildman–Crippen MR) is 114 cm³/mol. The zero-order chi connectivity index (χ0) is 20.6. The van der Waals surface area contributed by atoms with Gasteiger partial charge in [0.25, 0.3) is 0 Å². The first-order valence-electron chi connectivity index (χ1n) is 9.78. The summed E-state index contributed by atoms with van der Waals surface area (Å²) in [4.78, 5) is 14.9. The van der Waals surface area contributed by atoms with Crippen molar-refractivity contribution in [3.63, 3.8) is 0 Å². The molecule has 152 valence electrons. The van der Waals surface area contributed by atoms with Gasteiger partial charge in [0.15, 0.2) is 16.6 Å². The molecule has 0 spiro atoms. The molecule has 6 nitrogen and oxygen atoms in total. The number of rotatable bonds is 5. The molecule has 0 aromatic heterocycles. The molecule has 0 saturated carbocycles. The number of esters is 1. The normalized spacial score (nSPS) is 24.8. The van der Waals surface area contributed by atoms with Crippen molar-refractivity contribution in [1.82, 2.24) is 5.32 Å². The fourth-order valence-electron chi connectivity index (χ4n) is 4.20. The van der Waals surface area contributed by atoms with Crippen LogP contribution in [0.15, 0.2) is 48.5 Å². The van der Waals surface area contributed by atoms with E-state index >= 15 is 0 Å². The van der Waals surface area contributed by atoms with Crippen LogP contribution in [0.3, 0.4) is 0 Å². The lowest BCUT2D eigenvalue weighted by Gasteiger charge is -2.55. The monoisotopic (exact) mass is 412 g/mol. The summed E-state index contributed by atoms with van der Waals surface area (Å²) in [6, 6.07) is 15.0. The van der Waals surface area contributed by atoms with Crippen molar-refractivity contribution in [3.05, 3.63) is 54.1 Å². The minimum Gasteiger partial charge on any atom is -0.490 e. The zero-order valence-corrected chi connectivity index (χ0v) is 17.5. The summed E-state index contributed by atoms with van der Waals surface area (Å²) >= 11 is 5.70. The summed E-state index contributed by atoms with van der Waals surface area (Å²) in [6.07, 6.45) is 0. The van der Waals surface area contributed by atoms with E-state index in [1.165, 1.54) is 0 Å². The van der Waals surface area contributed by atoms with Gasteiger partial charge >= 0.3 is 5.97 Å². The van der Waals surface area contributed by atoms with Crippen LogP contribution >= 0.6 is 12.2 Å². The summed E-state index contributed by atoms with van der Waals surface area (Å²) in [6.45, 7) is 6.41. The van der Waals surface area contributed by atoms with Gasteiger partial charge in [-0.1, -0.05) is 30.3 Å². The molecule has 29 heavy (non-hydrogen) atoms. The van der Waals surface area contributed by atoms with E-state index in [4.69, 9.17) is 26.4 Å². The maximum Gasteiger partial charge on any atom is 0.317 e. The number of anilines is 1. The molecule has 1 fully saturated rings. The first kappa shape index (κ1) is 19.5. The van der Waals surface area contributed by atoms with Crippen molar-refractivity contribution < 1.29 is 19.0 Å². The van der Waals surface area contributed by atoms with E-state index in [1.54, 1.807) is 6.92 Å². The van der Waals surface area contributed by atoms with Crippen LogP contribution in [0.25, 0.3) is 0 Å². The number of thiocarbonyl (C=S) groups is 1. The fraction of sp³-hybridized carbons (Fsp3) is 0.364. The highest BCUT2D eigenvalue weighted by Crippen LogP contribution is 2.52. The number of nitrogens with zero attached hydrogens (tertiary/aromatic N) is 1. The third-order valence-electron chi connectivity index (χ3n) is 5.34. The number of hydrogen-bond donors (Lipinski definition) is 1. The van der Waals surface area contributed by atoms with Crippen LogP contribution in [0.2, 0.25) is 0 Å². The first-order chi connectivity index (χ1) is 14.0. The Labute approximate surface area is 175 Å². The summed E-state index contributed by atoms with van der Waals surface area (Å²) in [7, 11) is 0. The van der Waals surface area contributed by atoms with Crippen LogP contribution in [0.1, 0.15) is 32.4 Å². The molecule has 1 N–H and O–H groups in total. The average molecular weight is 413 g/mol. The fourth-order valence-corrected chi connectivity index (χ4v) is 4.61. The molecular weight excluding hydrogens is 388 g/mol. The largest absolute Gasteiger partial charge is 0.490 e. The first-order valence-corrected chi connectivity index (χ1v) is 10.2. The molecule has 0 amide bonds. The number of carbonyl (C=O) groups excluding carboxylic acids is 1. The highest BCUT2D eigenvalue weighted by atomic mass is 32.1. The lowest BCUT2D eigenvalue weighted by atomic mass is 9.79. The maximum absolute atomic E-state index is 13.1. The topological polar surface area (TPSA) is 60.0 Å². The maximum atomic E-state index is 13.1. The van der Waals surface area contributed by atoms with Crippen molar-refractivity contribution in [2.24, 2.45) is 5.92 Å². The molecule has 0 radical (unpaired) electrons. The van der Waals surface area contributed by atoms with Gasteiger partial charge in [0.2, 0.25) is 5.72 Å². The van der Waals surface area contributed by atoms with Gasteiger partial charge in [0, 0.05) is 11.3 Å². The standard InChI is InChI=1S/C22H24N2O4S/c1-4-26-16-13-9-12-15-18-17(20(25)27-5-2)22(3,28-19(15)16)24(21(29)23-18)14-10-7-6-8-11-14/h6-13,17-18H,4-5H2,1-3H3,(H,23,29). The second kappa shape index (κ2) is 7.55. The Morgan fingerprint density at radius 1 is 1.17 bits per heavy atom. The van der Waals surface area contributed by atoms with E-state index in [2.05, 4.69) is 5.32 Å². The Hall–Kier alpha value is -2.80. The lowest BCUT2D eigenvalue weighted by molar-refractivity contribution is -0.159. The third kappa shape index (κ3) is 3.09. The SMILES string of the molecule is CCOC(=O)C1C2NC(=S)N(c3ccccc3)C1(C)Oc1c(OCC)cccc12. The molecule has 2 aromatic rings. The van der Waals surface area contributed by atoms with Gasteiger partial charge in [-0.25, -0.2) is 0 Å². The molecule has 2 aromatic carbocycles. The van der Waals surface area contributed by atoms with Crippen LogP contribution in [0, 0.1) is 5.92 Å². The molecule has 3 unspecified atom stereocenters. The zero-order valence-electron chi connectivity index (χ0n) is 16.7. The third-order valence-corrected chi connectivity index (χ3v) is 5.64. The summed E-state index contributed by atoms with van der Waals surface area (Å²) in [5.41, 5.74) is 0.583. The Balaban J connectivity index is 1.90. The molecule has 7 heteroatoms. The van der Waals surface area contributed by atoms with Gasteiger partial charge in [-0.2, -0.15) is 0 Å². The summed E-state index contributed by atoms with van der Waals surface area (Å²) in [5.74, 6) is 0.312. The van der Waals surface area contributed by atoms with Gasteiger partial charge in [-0.3, -0.25) is 9.69 Å². The summed E-state index contributed by atoms with van der Waals surface area (Å²) < 4.78 is 17.8. The van der Waals surface area contributed by atoms with Gasteiger partial charge < -0.3 is 19.5 Å². The Bertz CT molecular complexity index is 936. The van der Waals surface area contributed by atoms with Crippen molar-refractivity contribution in [3.8, 4) is 11.5 Å². The molecular formula is C22H24N2O4S. The molecule has 2 heterocycles. The number of para-hydroxylation sites is 2. The van der Waals surface area contributed by atoms with Gasteiger partial charge in [0.05, 0.1) is 19.3 Å². The number of nitrogens with one attached hydrogen (secondary N) is 1. The van der Waals surface area contributed by atoms with Crippen LogP contribution in [-0.4, -0.2) is 30.0 Å². The number of ether oxygens (including phenoxy) is 3. The van der Waals surface area contributed by atoms with Crippen molar-refractivity contribution in [2.45, 2.75) is 32.5 Å². The van der Waals surface area contributed by atoms with E-state index in [-0.39, 0.29) is 12.0 Å². The van der Waals surface area contributed by atoms with Crippen molar-refractivity contribution >= 4 is 29.0 Å². The van der Waals surface area contributed by atoms with Crippen LogP contribution in [-0.2, 0) is 9.53 Å². The number of fused-ring (bicyclic) bond motifs is 4. The Kier molecular flexibility index (Phi) is 5.08. The van der Waals surface area contributed by atoms with Gasteiger partial charge in [-0.15, -0.1) is 0 Å². The molecule has 4 rings (SSSR count).